The Morgan fingerprint density at radius 2 is 1.48 bits per heavy atom. The molecule has 0 aromatic rings. The summed E-state index contributed by atoms with van der Waals surface area (Å²) in [6, 6.07) is 0. The van der Waals surface area contributed by atoms with E-state index >= 15 is 0 Å². The van der Waals surface area contributed by atoms with Crippen molar-refractivity contribution in [2.24, 2.45) is 0 Å². The van der Waals surface area contributed by atoms with Crippen molar-refractivity contribution < 1.29 is 43.7 Å². The van der Waals surface area contributed by atoms with Gasteiger partial charge < -0.3 is 4.55 Å². The van der Waals surface area contributed by atoms with E-state index < -0.39 is 57.6 Å². The first kappa shape index (κ1) is 18.5. The van der Waals surface area contributed by atoms with Crippen LogP contribution in [-0.2, 0) is 10.1 Å². The zero-order valence-electron chi connectivity index (χ0n) is 10.9. The van der Waals surface area contributed by atoms with E-state index in [0.29, 0.717) is 0 Å². The first-order valence-electron chi connectivity index (χ1n) is 5.79. The van der Waals surface area contributed by atoms with Crippen LogP contribution < -0.4 is 0 Å². The summed E-state index contributed by atoms with van der Waals surface area (Å²) in [5, 5.41) is -6.07. The molecule has 1 aliphatic carbocycles. The first-order chi connectivity index (χ1) is 9.02. The van der Waals surface area contributed by atoms with Gasteiger partial charge in [-0.3, -0.25) is 0 Å². The van der Waals surface area contributed by atoms with Gasteiger partial charge in [0, 0.05) is 0 Å². The molecule has 21 heavy (non-hydrogen) atoms. The fraction of sp³-hybridized carbons (Fsp3) is 1.00. The zero-order valence-corrected chi connectivity index (χ0v) is 11.7. The molecule has 11 heteroatoms. The standard InChI is InChI=1S/C10H13F7O3S/c1-3-4-7(12)6(2,11)5-8(13,14)10(17,9(7,15)16)21(18,19)20/h3-5H2,1-2H3,(H,18,19,20)/p-1. The zero-order chi connectivity index (χ0) is 17.1. The Morgan fingerprint density at radius 3 is 1.81 bits per heavy atom. The van der Waals surface area contributed by atoms with Crippen molar-refractivity contribution >= 4 is 10.1 Å². The Kier molecular flexibility index (Phi) is 3.93. The molecule has 1 saturated carbocycles. The molecule has 126 valence electrons. The second-order valence-corrected chi connectivity index (χ2v) is 6.72. The monoisotopic (exact) mass is 345 g/mol. The number of rotatable bonds is 3. The lowest BCUT2D eigenvalue weighted by atomic mass is 9.67. The number of hydrogen-bond donors (Lipinski definition) is 0. The summed E-state index contributed by atoms with van der Waals surface area (Å²) < 4.78 is 129. The molecule has 0 aromatic carbocycles. The molecule has 0 heterocycles. The Hall–Kier alpha value is -0.580. The molecule has 0 aromatic heterocycles. The molecule has 0 spiro atoms. The van der Waals surface area contributed by atoms with E-state index in [9.17, 15) is 43.7 Å². The van der Waals surface area contributed by atoms with Crippen LogP contribution in [0.3, 0.4) is 0 Å². The summed E-state index contributed by atoms with van der Waals surface area (Å²) in [6.45, 7) is 1.13. The van der Waals surface area contributed by atoms with Crippen LogP contribution >= 0.6 is 0 Å². The van der Waals surface area contributed by atoms with Crippen LogP contribution in [0.1, 0.15) is 33.1 Å². The van der Waals surface area contributed by atoms with Gasteiger partial charge in [0.1, 0.15) is 10.1 Å². The van der Waals surface area contributed by atoms with Crippen LogP contribution in [0, 0.1) is 0 Å². The van der Waals surface area contributed by atoms with Gasteiger partial charge in [-0.1, -0.05) is 13.3 Å². The SMILES string of the molecule is CCCC1(F)C(C)(F)CC(F)(F)C(F)(S(=O)(=O)[O-])C1(F)F. The Labute approximate surface area is 116 Å². The van der Waals surface area contributed by atoms with Gasteiger partial charge in [0.05, 0.1) is 6.42 Å². The van der Waals surface area contributed by atoms with Crippen molar-refractivity contribution in [1.29, 1.82) is 0 Å². The van der Waals surface area contributed by atoms with Gasteiger partial charge in [-0.25, -0.2) is 30.4 Å². The van der Waals surface area contributed by atoms with Crippen molar-refractivity contribution in [1.82, 2.24) is 0 Å². The van der Waals surface area contributed by atoms with Gasteiger partial charge in [0.25, 0.3) is 0 Å². The smallest absolute Gasteiger partial charge is 0.337 e. The van der Waals surface area contributed by atoms with Crippen LogP contribution in [0.4, 0.5) is 30.7 Å². The normalized spacial score (nSPS) is 42.8. The maximum Gasteiger partial charge on any atom is 0.337 e. The van der Waals surface area contributed by atoms with Gasteiger partial charge in [-0.2, -0.15) is 8.78 Å². The minimum Gasteiger partial charge on any atom is -0.745 e. The van der Waals surface area contributed by atoms with Crippen LogP contribution in [0.25, 0.3) is 0 Å². The average Bonchev–Trinajstić information content (AvgIpc) is 2.22. The van der Waals surface area contributed by atoms with Crippen LogP contribution in [0.15, 0.2) is 0 Å². The van der Waals surface area contributed by atoms with E-state index in [1.54, 1.807) is 0 Å². The largest absolute Gasteiger partial charge is 0.745 e. The molecule has 1 fully saturated rings. The summed E-state index contributed by atoms with van der Waals surface area (Å²) in [6.07, 6.45) is -4.46. The highest BCUT2D eigenvalue weighted by Gasteiger charge is 2.89. The van der Waals surface area contributed by atoms with E-state index in [1.807, 2.05) is 0 Å². The van der Waals surface area contributed by atoms with E-state index in [-0.39, 0.29) is 6.92 Å². The minimum atomic E-state index is -7.00. The summed E-state index contributed by atoms with van der Waals surface area (Å²) in [5.74, 6) is -11.7. The molecule has 3 nitrogen and oxygen atoms in total. The molecule has 0 N–H and O–H groups in total. The van der Waals surface area contributed by atoms with E-state index in [1.165, 1.54) is 0 Å². The quantitative estimate of drug-likeness (QED) is 0.583. The number of hydrogen-bond acceptors (Lipinski definition) is 3. The average molecular weight is 345 g/mol. The maximum absolute atomic E-state index is 14.4. The third-order valence-electron chi connectivity index (χ3n) is 3.69. The van der Waals surface area contributed by atoms with E-state index in [4.69, 9.17) is 0 Å². The highest BCUT2D eigenvalue weighted by atomic mass is 32.2. The summed E-state index contributed by atoms with van der Waals surface area (Å²) >= 11 is 0. The Morgan fingerprint density at radius 1 is 1.05 bits per heavy atom. The lowest BCUT2D eigenvalue weighted by molar-refractivity contribution is -0.332. The molecule has 3 unspecified atom stereocenters. The predicted octanol–water partition coefficient (Wildman–Crippen LogP) is 3.11. The lowest BCUT2D eigenvalue weighted by Crippen LogP contribution is -2.78. The third kappa shape index (κ3) is 1.99. The van der Waals surface area contributed by atoms with Gasteiger partial charge in [0.2, 0.25) is 5.67 Å². The van der Waals surface area contributed by atoms with Gasteiger partial charge >= 0.3 is 16.8 Å². The Bertz CT molecular complexity index is 533. The molecular weight excluding hydrogens is 333 g/mol. The lowest BCUT2D eigenvalue weighted by Gasteiger charge is -2.54. The number of alkyl halides is 7. The highest BCUT2D eigenvalue weighted by Crippen LogP contribution is 2.65. The third-order valence-corrected chi connectivity index (χ3v) is 4.94. The Balaban J connectivity index is 3.77. The molecule has 0 bridgehead atoms. The van der Waals surface area contributed by atoms with Crippen LogP contribution in [-0.4, -0.2) is 41.2 Å². The van der Waals surface area contributed by atoms with Crippen LogP contribution in [0.5, 0.6) is 0 Å². The summed E-state index contributed by atoms with van der Waals surface area (Å²) in [5.41, 5.74) is -8.50. The van der Waals surface area contributed by atoms with E-state index in [2.05, 4.69) is 0 Å². The molecule has 1 aliphatic rings. The highest BCUT2D eigenvalue weighted by molar-refractivity contribution is 7.87. The molecule has 0 aliphatic heterocycles. The molecule has 0 radical (unpaired) electrons. The molecule has 3 atom stereocenters. The van der Waals surface area contributed by atoms with Crippen LogP contribution in [0.2, 0.25) is 0 Å². The molecule has 1 rings (SSSR count). The topological polar surface area (TPSA) is 57.2 Å². The maximum atomic E-state index is 14.4. The van der Waals surface area contributed by atoms with E-state index in [0.717, 1.165) is 6.92 Å². The van der Waals surface area contributed by atoms with Gasteiger partial charge in [-0.05, 0) is 13.3 Å². The fourth-order valence-electron chi connectivity index (χ4n) is 2.58. The van der Waals surface area contributed by atoms with Crippen molar-refractivity contribution in [3.05, 3.63) is 0 Å². The van der Waals surface area contributed by atoms with Crippen molar-refractivity contribution in [2.75, 3.05) is 0 Å². The van der Waals surface area contributed by atoms with Crippen molar-refractivity contribution in [2.45, 2.75) is 61.3 Å². The number of halogens is 7. The molecule has 0 saturated heterocycles. The first-order valence-corrected chi connectivity index (χ1v) is 7.20. The van der Waals surface area contributed by atoms with Gasteiger partial charge in [-0.15, -0.1) is 0 Å². The molecular formula is C10H12F7O3S-. The summed E-state index contributed by atoms with van der Waals surface area (Å²) in [7, 11) is -7.00. The second kappa shape index (κ2) is 4.46. The fourth-order valence-corrected chi connectivity index (χ4v) is 3.50. The molecule has 0 amide bonds. The van der Waals surface area contributed by atoms with Crippen molar-refractivity contribution in [3.8, 4) is 0 Å². The predicted molar refractivity (Wildman–Crippen MR) is 56.3 cm³/mol. The van der Waals surface area contributed by atoms with Gasteiger partial charge in [0.15, 0.2) is 5.67 Å². The van der Waals surface area contributed by atoms with Crippen molar-refractivity contribution in [3.63, 3.8) is 0 Å². The minimum absolute atomic E-state index is 0.0570. The second-order valence-electron chi connectivity index (χ2n) is 5.25. The summed E-state index contributed by atoms with van der Waals surface area (Å²) in [4.78, 5) is 0.